The number of rotatable bonds is 2. The summed E-state index contributed by atoms with van der Waals surface area (Å²) in [5.41, 5.74) is 1.27. The van der Waals surface area contributed by atoms with Crippen LogP contribution in [-0.4, -0.2) is 4.98 Å². The van der Waals surface area contributed by atoms with Gasteiger partial charge in [-0.25, -0.2) is 9.37 Å². The Morgan fingerprint density at radius 3 is 2.75 bits per heavy atom. The van der Waals surface area contributed by atoms with Crippen molar-refractivity contribution >= 4 is 23.1 Å². The van der Waals surface area contributed by atoms with Crippen LogP contribution in [0.2, 0.25) is 5.15 Å². The molecule has 0 saturated carbocycles. The van der Waals surface area contributed by atoms with E-state index in [0.29, 0.717) is 22.2 Å². The van der Waals surface area contributed by atoms with Crippen LogP contribution in [0, 0.1) is 12.7 Å². The number of anilines is 2. The second kappa shape index (κ2) is 4.49. The van der Waals surface area contributed by atoms with Gasteiger partial charge in [0.25, 0.3) is 0 Å². The van der Waals surface area contributed by atoms with Crippen molar-refractivity contribution in [3.8, 4) is 0 Å². The van der Waals surface area contributed by atoms with Gasteiger partial charge in [-0.2, -0.15) is 0 Å². The van der Waals surface area contributed by atoms with Crippen molar-refractivity contribution in [3.63, 3.8) is 0 Å². The van der Waals surface area contributed by atoms with Gasteiger partial charge in [0.1, 0.15) is 16.8 Å². The van der Waals surface area contributed by atoms with E-state index in [-0.39, 0.29) is 5.82 Å². The molecule has 16 heavy (non-hydrogen) atoms. The molecule has 2 rings (SSSR count). The van der Waals surface area contributed by atoms with Crippen molar-refractivity contribution < 1.29 is 4.39 Å². The highest BCUT2D eigenvalue weighted by Gasteiger charge is 2.00. The van der Waals surface area contributed by atoms with Gasteiger partial charge in [0.15, 0.2) is 0 Å². The lowest BCUT2D eigenvalue weighted by Crippen LogP contribution is -1.94. The van der Waals surface area contributed by atoms with Gasteiger partial charge in [0, 0.05) is 5.69 Å². The summed E-state index contributed by atoms with van der Waals surface area (Å²) < 4.78 is 13.3. The molecule has 0 spiro atoms. The van der Waals surface area contributed by atoms with E-state index in [4.69, 9.17) is 11.6 Å². The maximum Gasteiger partial charge on any atom is 0.132 e. The largest absolute Gasteiger partial charge is 0.340 e. The molecule has 0 fully saturated rings. The van der Waals surface area contributed by atoms with E-state index in [0.717, 1.165) is 0 Å². The van der Waals surface area contributed by atoms with Gasteiger partial charge in [0.05, 0.1) is 0 Å². The zero-order chi connectivity index (χ0) is 11.5. The third-order valence-electron chi connectivity index (χ3n) is 2.16. The number of nitrogens with one attached hydrogen (secondary N) is 1. The molecule has 4 heteroatoms. The summed E-state index contributed by atoms with van der Waals surface area (Å²) in [4.78, 5) is 4.05. The molecule has 1 aromatic heterocycles. The fourth-order valence-corrected chi connectivity index (χ4v) is 1.46. The molecule has 1 heterocycles. The molecular weight excluding hydrogens is 227 g/mol. The van der Waals surface area contributed by atoms with Crippen LogP contribution in [0.3, 0.4) is 0 Å². The Balaban J connectivity index is 2.24. The fraction of sp³-hybridized carbons (Fsp3) is 0.0833. The van der Waals surface area contributed by atoms with Crippen molar-refractivity contribution in [1.82, 2.24) is 4.98 Å². The summed E-state index contributed by atoms with van der Waals surface area (Å²) in [5, 5.41) is 3.38. The molecule has 2 nitrogen and oxygen atoms in total. The number of nitrogens with zero attached hydrogens (tertiary/aromatic N) is 1. The van der Waals surface area contributed by atoms with Gasteiger partial charge in [0.2, 0.25) is 0 Å². The van der Waals surface area contributed by atoms with Crippen LogP contribution >= 0.6 is 11.6 Å². The Bertz CT molecular complexity index is 514. The van der Waals surface area contributed by atoms with Crippen molar-refractivity contribution in [3.05, 3.63) is 52.9 Å². The van der Waals surface area contributed by atoms with Crippen molar-refractivity contribution in [2.45, 2.75) is 6.92 Å². The lowest BCUT2D eigenvalue weighted by atomic mass is 10.2. The molecule has 0 amide bonds. The number of aromatic nitrogens is 1. The average molecular weight is 237 g/mol. The highest BCUT2D eigenvalue weighted by Crippen LogP contribution is 2.18. The third kappa shape index (κ3) is 2.49. The second-order valence-corrected chi connectivity index (χ2v) is 3.82. The van der Waals surface area contributed by atoms with Gasteiger partial charge in [-0.05, 0) is 36.8 Å². The van der Waals surface area contributed by atoms with Gasteiger partial charge in [-0.3, -0.25) is 0 Å². The molecule has 1 aromatic carbocycles. The number of benzene rings is 1. The minimum Gasteiger partial charge on any atom is -0.340 e. The van der Waals surface area contributed by atoms with Crippen LogP contribution in [0.5, 0.6) is 0 Å². The number of aryl methyl sites for hydroxylation is 1. The van der Waals surface area contributed by atoms with E-state index in [2.05, 4.69) is 10.3 Å². The molecule has 0 radical (unpaired) electrons. The van der Waals surface area contributed by atoms with E-state index in [1.165, 1.54) is 6.07 Å². The zero-order valence-electron chi connectivity index (χ0n) is 8.67. The van der Waals surface area contributed by atoms with Crippen molar-refractivity contribution in [2.75, 3.05) is 5.32 Å². The first kappa shape index (κ1) is 10.9. The Morgan fingerprint density at radius 1 is 1.25 bits per heavy atom. The first-order chi connectivity index (χ1) is 7.65. The highest BCUT2D eigenvalue weighted by molar-refractivity contribution is 6.29. The summed E-state index contributed by atoms with van der Waals surface area (Å²) in [6.07, 6.45) is 0. The summed E-state index contributed by atoms with van der Waals surface area (Å²) >= 11 is 5.74. The van der Waals surface area contributed by atoms with Gasteiger partial charge in [-0.1, -0.05) is 23.7 Å². The van der Waals surface area contributed by atoms with Crippen molar-refractivity contribution in [1.29, 1.82) is 0 Å². The monoisotopic (exact) mass is 236 g/mol. The maximum absolute atomic E-state index is 13.3. The normalized spacial score (nSPS) is 10.2. The van der Waals surface area contributed by atoms with Crippen LogP contribution in [0.1, 0.15) is 5.56 Å². The van der Waals surface area contributed by atoms with E-state index in [1.54, 1.807) is 37.3 Å². The predicted octanol–water partition coefficient (Wildman–Crippen LogP) is 3.93. The minimum absolute atomic E-state index is 0.243. The predicted molar refractivity (Wildman–Crippen MR) is 63.7 cm³/mol. The highest BCUT2D eigenvalue weighted by atomic mass is 35.5. The second-order valence-electron chi connectivity index (χ2n) is 3.43. The standard InChI is InChI=1S/C12H10ClFN2/c1-8-5-6-9(7-10(8)14)15-12-4-2-3-11(13)16-12/h2-7H,1H3,(H,15,16). The molecule has 2 aromatic rings. The Hall–Kier alpha value is -1.61. The molecule has 0 atom stereocenters. The van der Waals surface area contributed by atoms with E-state index >= 15 is 0 Å². The molecule has 0 unspecified atom stereocenters. The Morgan fingerprint density at radius 2 is 2.06 bits per heavy atom. The zero-order valence-corrected chi connectivity index (χ0v) is 9.42. The molecule has 0 aliphatic heterocycles. The lowest BCUT2D eigenvalue weighted by molar-refractivity contribution is 0.619. The average Bonchev–Trinajstić information content (AvgIpc) is 2.24. The Kier molecular flexibility index (Phi) is 3.06. The number of pyridine rings is 1. The summed E-state index contributed by atoms with van der Waals surface area (Å²) in [6, 6.07) is 10.2. The number of hydrogen-bond donors (Lipinski definition) is 1. The first-order valence-electron chi connectivity index (χ1n) is 4.81. The van der Waals surface area contributed by atoms with Crippen LogP contribution in [0.25, 0.3) is 0 Å². The quantitative estimate of drug-likeness (QED) is 0.800. The van der Waals surface area contributed by atoms with E-state index in [9.17, 15) is 4.39 Å². The molecule has 1 N–H and O–H groups in total. The first-order valence-corrected chi connectivity index (χ1v) is 5.19. The van der Waals surface area contributed by atoms with Gasteiger partial charge in [-0.15, -0.1) is 0 Å². The Labute approximate surface area is 98.1 Å². The molecule has 0 aliphatic carbocycles. The topological polar surface area (TPSA) is 24.9 Å². The molecule has 0 saturated heterocycles. The minimum atomic E-state index is -0.243. The molecule has 82 valence electrons. The van der Waals surface area contributed by atoms with Gasteiger partial charge < -0.3 is 5.32 Å². The summed E-state index contributed by atoms with van der Waals surface area (Å²) in [5.74, 6) is 0.350. The van der Waals surface area contributed by atoms with Gasteiger partial charge >= 0.3 is 0 Å². The van der Waals surface area contributed by atoms with Crippen LogP contribution in [0.4, 0.5) is 15.9 Å². The molecule has 0 bridgehead atoms. The summed E-state index contributed by atoms with van der Waals surface area (Å²) in [6.45, 7) is 1.72. The molecular formula is C12H10ClFN2. The molecule has 0 aliphatic rings. The van der Waals surface area contributed by atoms with Crippen molar-refractivity contribution in [2.24, 2.45) is 0 Å². The smallest absolute Gasteiger partial charge is 0.132 e. The van der Waals surface area contributed by atoms with Crippen LogP contribution < -0.4 is 5.32 Å². The van der Waals surface area contributed by atoms with E-state index in [1.807, 2.05) is 0 Å². The third-order valence-corrected chi connectivity index (χ3v) is 2.37. The van der Waals surface area contributed by atoms with Crippen LogP contribution in [-0.2, 0) is 0 Å². The number of hydrogen-bond acceptors (Lipinski definition) is 2. The summed E-state index contributed by atoms with van der Waals surface area (Å²) in [7, 11) is 0. The fourth-order valence-electron chi connectivity index (χ4n) is 1.30. The lowest BCUT2D eigenvalue weighted by Gasteiger charge is -2.06. The SMILES string of the molecule is Cc1ccc(Nc2cccc(Cl)n2)cc1F. The van der Waals surface area contributed by atoms with E-state index < -0.39 is 0 Å². The van der Waals surface area contributed by atoms with Crippen LogP contribution in [0.15, 0.2) is 36.4 Å². The number of halogens is 2. The maximum atomic E-state index is 13.3.